The molecule has 0 bridgehead atoms. The summed E-state index contributed by atoms with van der Waals surface area (Å²) in [7, 11) is 0. The summed E-state index contributed by atoms with van der Waals surface area (Å²) in [6.45, 7) is 11.0. The molecule has 0 atom stereocenters. The van der Waals surface area contributed by atoms with Gasteiger partial charge in [-0.05, 0) is 76.9 Å². The van der Waals surface area contributed by atoms with Gasteiger partial charge in [0.2, 0.25) is 0 Å². The van der Waals surface area contributed by atoms with Crippen molar-refractivity contribution in [1.82, 2.24) is 0 Å². The number of hydrogen-bond donors (Lipinski definition) is 0. The topological polar surface area (TPSA) is 89.0 Å². The predicted octanol–water partition coefficient (Wildman–Crippen LogP) is 4.52. The van der Waals surface area contributed by atoms with Crippen LogP contribution in [0.5, 0.6) is 0 Å². The van der Waals surface area contributed by atoms with E-state index in [4.69, 9.17) is 9.47 Å². The molecule has 31 heavy (non-hydrogen) atoms. The minimum absolute atomic E-state index is 0.169. The largest absolute Gasteiger partial charge is 0.460 e. The van der Waals surface area contributed by atoms with E-state index in [0.717, 1.165) is 11.1 Å². The second kappa shape index (κ2) is 9.71. The second-order valence-electron chi connectivity index (χ2n) is 9.37. The predicted molar refractivity (Wildman–Crippen MR) is 119 cm³/mol. The molecule has 2 aromatic carbocycles. The summed E-state index contributed by atoms with van der Waals surface area (Å²) in [6.07, 6.45) is 0.338. The fourth-order valence-corrected chi connectivity index (χ4v) is 2.93. The monoisotopic (exact) mass is 422 g/mol. The molecule has 0 saturated heterocycles. The minimum Gasteiger partial charge on any atom is -0.460 e. The molecule has 2 rings (SSSR count). The molecule has 164 valence electrons. The molecule has 0 aliphatic heterocycles. The molecule has 0 saturated carbocycles. The maximum absolute atomic E-state index is 12.0. The summed E-state index contributed by atoms with van der Waals surface area (Å²) in [6, 6.07) is 14.4. The zero-order valence-electron chi connectivity index (χ0n) is 19.1. The van der Waals surface area contributed by atoms with Gasteiger partial charge in [0.25, 0.3) is 0 Å². The van der Waals surface area contributed by atoms with Gasteiger partial charge in [-0.3, -0.25) is 9.59 Å². The van der Waals surface area contributed by atoms with Crippen LogP contribution in [0.1, 0.15) is 63.8 Å². The van der Waals surface area contributed by atoms with Crippen LogP contribution in [0.3, 0.4) is 0 Å². The third kappa shape index (κ3) is 8.19. The average molecular weight is 423 g/mol. The van der Waals surface area contributed by atoms with Gasteiger partial charge < -0.3 is 15.0 Å². The van der Waals surface area contributed by atoms with Gasteiger partial charge in [-0.2, -0.15) is 4.79 Å². The SMILES string of the molecule is CC(C)(C)OC(=O)Cc1ccc(C(=[N+]=[N-])c2ccc(CC(=O)OC(C)(C)C)cc2)cc1. The summed E-state index contributed by atoms with van der Waals surface area (Å²) in [5.74, 6) is -0.589. The first-order valence-corrected chi connectivity index (χ1v) is 10.2. The molecule has 6 heteroatoms. The van der Waals surface area contributed by atoms with Crippen LogP contribution in [0.25, 0.3) is 5.53 Å². The first kappa shape index (κ1) is 24.0. The maximum Gasteiger partial charge on any atom is 0.329 e. The Hall–Kier alpha value is -3.24. The number of rotatable bonds is 6. The highest BCUT2D eigenvalue weighted by atomic mass is 16.6. The van der Waals surface area contributed by atoms with Crippen LogP contribution < -0.4 is 0 Å². The lowest BCUT2D eigenvalue weighted by Gasteiger charge is -2.19. The lowest BCUT2D eigenvalue weighted by molar-refractivity contribution is -0.155. The highest BCUT2D eigenvalue weighted by Gasteiger charge is 2.19. The zero-order valence-corrected chi connectivity index (χ0v) is 19.1. The van der Waals surface area contributed by atoms with Crippen LogP contribution in [0.4, 0.5) is 0 Å². The Kier molecular flexibility index (Phi) is 7.53. The summed E-state index contributed by atoms with van der Waals surface area (Å²) < 4.78 is 10.7. The van der Waals surface area contributed by atoms with Crippen molar-refractivity contribution in [1.29, 1.82) is 0 Å². The van der Waals surface area contributed by atoms with E-state index in [1.807, 2.05) is 41.5 Å². The molecule has 0 fully saturated rings. The minimum atomic E-state index is -0.524. The first-order valence-electron chi connectivity index (χ1n) is 10.2. The molecule has 0 radical (unpaired) electrons. The highest BCUT2D eigenvalue weighted by Crippen LogP contribution is 2.15. The third-order valence-corrected chi connectivity index (χ3v) is 4.09. The van der Waals surface area contributed by atoms with Crippen LogP contribution in [0.15, 0.2) is 48.5 Å². The molecule has 0 aromatic heterocycles. The van der Waals surface area contributed by atoms with Crippen molar-refractivity contribution in [2.45, 2.75) is 65.6 Å². The summed E-state index contributed by atoms with van der Waals surface area (Å²) in [5, 5.41) is 0. The zero-order chi connectivity index (χ0) is 23.2. The summed E-state index contributed by atoms with van der Waals surface area (Å²) in [4.78, 5) is 27.4. The Morgan fingerprint density at radius 3 is 1.29 bits per heavy atom. The molecule has 0 unspecified atom stereocenters. The van der Waals surface area contributed by atoms with E-state index in [9.17, 15) is 15.1 Å². The van der Waals surface area contributed by atoms with Gasteiger partial charge in [0, 0.05) is 0 Å². The number of esters is 2. The quantitative estimate of drug-likeness (QED) is 0.296. The Balaban J connectivity index is 2.08. The standard InChI is InChI=1S/C25H30N2O4/c1-24(2,3)30-21(28)15-17-7-11-19(12-8-17)23(27-26)20-13-9-18(10-14-20)16-22(29)31-25(4,5)6/h7-14H,15-16H2,1-6H3. The summed E-state index contributed by atoms with van der Waals surface area (Å²) in [5.41, 5.74) is 11.9. The number of hydrogen-bond acceptors (Lipinski definition) is 4. The second-order valence-corrected chi connectivity index (χ2v) is 9.37. The molecular weight excluding hydrogens is 392 g/mol. The molecule has 0 heterocycles. The lowest BCUT2D eigenvalue weighted by Crippen LogP contribution is -2.24. The molecule has 0 N–H and O–H groups in total. The van der Waals surface area contributed by atoms with Crippen molar-refractivity contribution >= 4 is 17.7 Å². The van der Waals surface area contributed by atoms with E-state index in [1.54, 1.807) is 48.5 Å². The lowest BCUT2D eigenvalue weighted by atomic mass is 9.99. The smallest absolute Gasteiger partial charge is 0.329 e. The van der Waals surface area contributed by atoms with Crippen molar-refractivity contribution in [2.24, 2.45) is 0 Å². The van der Waals surface area contributed by atoms with Gasteiger partial charge in [0.1, 0.15) is 11.2 Å². The Morgan fingerprint density at radius 1 is 0.710 bits per heavy atom. The molecule has 6 nitrogen and oxygen atoms in total. The van der Waals surface area contributed by atoms with Gasteiger partial charge in [-0.15, -0.1) is 0 Å². The van der Waals surface area contributed by atoms with Gasteiger partial charge in [-0.1, -0.05) is 24.3 Å². The van der Waals surface area contributed by atoms with Crippen molar-refractivity contribution in [2.75, 3.05) is 0 Å². The van der Waals surface area contributed by atoms with E-state index in [2.05, 4.69) is 4.79 Å². The number of carbonyl (C=O) groups is 2. The first-order chi connectivity index (χ1) is 14.4. The number of benzene rings is 2. The third-order valence-electron chi connectivity index (χ3n) is 4.09. The fourth-order valence-electron chi connectivity index (χ4n) is 2.93. The van der Waals surface area contributed by atoms with E-state index in [0.29, 0.717) is 16.8 Å². The van der Waals surface area contributed by atoms with Crippen LogP contribution in [0, 0.1) is 0 Å². The van der Waals surface area contributed by atoms with Crippen molar-refractivity contribution in [3.63, 3.8) is 0 Å². The van der Waals surface area contributed by atoms with Crippen LogP contribution >= 0.6 is 0 Å². The average Bonchev–Trinajstić information content (AvgIpc) is 2.62. The molecule has 0 spiro atoms. The molecule has 2 aromatic rings. The van der Waals surface area contributed by atoms with E-state index in [1.165, 1.54) is 0 Å². The molecule has 0 aliphatic carbocycles. The molecular formula is C25H30N2O4. The normalized spacial score (nSPS) is 11.4. The Bertz CT molecular complexity index is 897. The molecule has 0 amide bonds. The van der Waals surface area contributed by atoms with Gasteiger partial charge >= 0.3 is 17.7 Å². The van der Waals surface area contributed by atoms with Gasteiger partial charge in [0.15, 0.2) is 0 Å². The fraction of sp³-hybridized carbons (Fsp3) is 0.400. The van der Waals surface area contributed by atoms with E-state index >= 15 is 0 Å². The highest BCUT2D eigenvalue weighted by molar-refractivity contribution is 6.09. The van der Waals surface area contributed by atoms with Gasteiger partial charge in [0.05, 0.1) is 24.0 Å². The van der Waals surface area contributed by atoms with Crippen LogP contribution in [-0.2, 0) is 31.9 Å². The van der Waals surface area contributed by atoms with E-state index in [-0.39, 0.29) is 24.8 Å². The van der Waals surface area contributed by atoms with Crippen molar-refractivity contribution in [3.05, 3.63) is 76.3 Å². The number of nitrogens with zero attached hydrogens (tertiary/aromatic N) is 2. The van der Waals surface area contributed by atoms with Crippen molar-refractivity contribution in [3.8, 4) is 0 Å². The van der Waals surface area contributed by atoms with Crippen LogP contribution in [-0.4, -0.2) is 33.6 Å². The maximum atomic E-state index is 12.0. The van der Waals surface area contributed by atoms with Crippen LogP contribution in [0.2, 0.25) is 0 Å². The van der Waals surface area contributed by atoms with Crippen molar-refractivity contribution < 1.29 is 23.9 Å². The number of carbonyl (C=O) groups excluding carboxylic acids is 2. The van der Waals surface area contributed by atoms with E-state index < -0.39 is 11.2 Å². The number of ether oxygens (including phenoxy) is 2. The molecule has 0 aliphatic rings. The Labute approximate surface area is 183 Å². The van der Waals surface area contributed by atoms with Gasteiger partial charge in [-0.25, -0.2) is 0 Å². The summed E-state index contributed by atoms with van der Waals surface area (Å²) >= 11 is 0. The Morgan fingerprint density at radius 2 is 1.03 bits per heavy atom.